The summed E-state index contributed by atoms with van der Waals surface area (Å²) in [7, 11) is 1.59. The number of carbonyl (C=O) groups excluding carboxylic acids is 2. The molecule has 4 heterocycles. The van der Waals surface area contributed by atoms with E-state index in [1.54, 1.807) is 22.6 Å². The smallest absolute Gasteiger partial charge is 0.410 e. The van der Waals surface area contributed by atoms with Gasteiger partial charge in [0, 0.05) is 38.3 Å². The Morgan fingerprint density at radius 3 is 2.67 bits per heavy atom. The molecule has 5 rings (SSSR count). The number of thioether (sulfide) groups is 1. The van der Waals surface area contributed by atoms with Crippen molar-refractivity contribution in [3.63, 3.8) is 0 Å². The van der Waals surface area contributed by atoms with Crippen LogP contribution in [0.1, 0.15) is 39.3 Å². The number of nitrogens with one attached hydrogen (secondary N) is 1. The van der Waals surface area contributed by atoms with Crippen molar-refractivity contribution in [2.75, 3.05) is 37.8 Å². The lowest BCUT2D eigenvalue weighted by atomic mass is 10.0. The van der Waals surface area contributed by atoms with Crippen LogP contribution >= 0.6 is 23.4 Å². The van der Waals surface area contributed by atoms with Crippen LogP contribution in [-0.4, -0.2) is 80.5 Å². The number of hydrogen-bond donors (Lipinski definition) is 1. The highest BCUT2D eigenvalue weighted by atomic mass is 35.5. The minimum absolute atomic E-state index is 0.0947. The molecule has 0 atom stereocenters. The molecule has 2 aliphatic heterocycles. The maximum atomic E-state index is 13.4. The molecule has 0 saturated carbocycles. The Bertz CT molecular complexity index is 1550. The highest BCUT2D eigenvalue weighted by molar-refractivity contribution is 8.00. The summed E-state index contributed by atoms with van der Waals surface area (Å²) in [6.07, 6.45) is 2.35. The molecule has 2 aliphatic rings. The predicted molar refractivity (Wildman–Crippen MR) is 162 cm³/mol. The molecule has 42 heavy (non-hydrogen) atoms. The highest BCUT2D eigenvalue weighted by Gasteiger charge is 2.32. The third-order valence-electron chi connectivity index (χ3n) is 7.27. The van der Waals surface area contributed by atoms with Crippen LogP contribution in [0.2, 0.25) is 5.02 Å². The third-order valence-corrected chi connectivity index (χ3v) is 8.63. The van der Waals surface area contributed by atoms with Crippen LogP contribution in [0, 0.1) is 0 Å². The molecule has 3 aromatic rings. The standard InChI is InChI=1S/C29H35ClN6O5S/c1-29(2,3)41-28(39)36(16-22-20(30)14-24-27(32-22)33-25(37)17-42-24)18-7-9-34(10-8-18)11-12-35-23-13-19(40-4)5-6-21(23)31-15-26(35)38/h5-6,13-15,18H,7-12,16-17H2,1-4H3,(H,32,33,37). The van der Waals surface area contributed by atoms with E-state index in [2.05, 4.69) is 20.2 Å². The van der Waals surface area contributed by atoms with E-state index in [1.165, 1.54) is 18.0 Å². The first-order chi connectivity index (χ1) is 20.0. The topological polar surface area (TPSA) is 119 Å². The number of amides is 2. The Hall–Kier alpha value is -3.35. The largest absolute Gasteiger partial charge is 0.497 e. The average Bonchev–Trinajstić information content (AvgIpc) is 2.95. The number of rotatable bonds is 7. The molecule has 13 heteroatoms. The third kappa shape index (κ3) is 6.99. The van der Waals surface area contributed by atoms with E-state index >= 15 is 0 Å². The molecule has 1 fully saturated rings. The van der Waals surface area contributed by atoms with Gasteiger partial charge in [-0.25, -0.2) is 14.8 Å². The van der Waals surface area contributed by atoms with Crippen molar-refractivity contribution in [3.8, 4) is 5.75 Å². The number of halogens is 1. The first kappa shape index (κ1) is 30.1. The maximum Gasteiger partial charge on any atom is 0.410 e. The fourth-order valence-electron chi connectivity index (χ4n) is 5.15. The van der Waals surface area contributed by atoms with Gasteiger partial charge in [-0.2, -0.15) is 0 Å². The normalized spacial score (nSPS) is 16.2. The molecule has 1 saturated heterocycles. The number of nitrogens with zero attached hydrogens (tertiary/aromatic N) is 5. The van der Waals surface area contributed by atoms with Crippen LogP contribution in [0.4, 0.5) is 10.6 Å². The Kier molecular flexibility index (Phi) is 8.95. The van der Waals surface area contributed by atoms with Gasteiger partial charge in [-0.1, -0.05) is 11.6 Å². The molecular formula is C29H35ClN6O5S. The minimum Gasteiger partial charge on any atom is -0.497 e. The quantitative estimate of drug-likeness (QED) is 0.413. The van der Waals surface area contributed by atoms with E-state index < -0.39 is 11.7 Å². The van der Waals surface area contributed by atoms with E-state index in [-0.39, 0.29) is 24.1 Å². The molecule has 2 amide bonds. The number of hydrogen-bond acceptors (Lipinski definition) is 9. The minimum atomic E-state index is -0.670. The lowest BCUT2D eigenvalue weighted by Crippen LogP contribution is -2.49. The molecular weight excluding hydrogens is 580 g/mol. The van der Waals surface area contributed by atoms with E-state index in [0.717, 1.165) is 29.0 Å². The zero-order valence-corrected chi connectivity index (χ0v) is 25.8. The molecule has 1 aromatic carbocycles. The van der Waals surface area contributed by atoms with Crippen LogP contribution in [0.15, 0.2) is 40.2 Å². The second-order valence-corrected chi connectivity index (χ2v) is 12.8. The second-order valence-electron chi connectivity index (χ2n) is 11.4. The molecule has 224 valence electrons. The van der Waals surface area contributed by atoms with Crippen LogP contribution in [-0.2, 0) is 22.6 Å². The van der Waals surface area contributed by atoms with Gasteiger partial charge in [0.25, 0.3) is 5.56 Å². The van der Waals surface area contributed by atoms with E-state index in [0.29, 0.717) is 54.0 Å². The number of carbonyl (C=O) groups is 2. The number of likely N-dealkylation sites (tertiary alicyclic amines) is 1. The number of pyridine rings is 1. The number of methoxy groups -OCH3 is 1. The fraction of sp³-hybridized carbons (Fsp3) is 0.483. The summed E-state index contributed by atoms with van der Waals surface area (Å²) in [6.45, 7) is 8.32. The zero-order valence-electron chi connectivity index (χ0n) is 24.2. The van der Waals surface area contributed by atoms with Gasteiger partial charge in [-0.05, 0) is 51.8 Å². The monoisotopic (exact) mass is 614 g/mol. The van der Waals surface area contributed by atoms with Crippen LogP contribution < -0.4 is 15.6 Å². The van der Waals surface area contributed by atoms with Gasteiger partial charge in [-0.15, -0.1) is 11.8 Å². The fourth-order valence-corrected chi connectivity index (χ4v) is 6.22. The van der Waals surface area contributed by atoms with Crippen LogP contribution in [0.5, 0.6) is 5.75 Å². The van der Waals surface area contributed by atoms with Gasteiger partial charge in [0.05, 0.1) is 52.2 Å². The summed E-state index contributed by atoms with van der Waals surface area (Å²) in [5.41, 5.74) is 1.14. The molecule has 1 N–H and O–H groups in total. The molecule has 0 unspecified atom stereocenters. The van der Waals surface area contributed by atoms with Gasteiger partial charge in [0.2, 0.25) is 5.91 Å². The van der Waals surface area contributed by atoms with Crippen molar-refractivity contribution >= 4 is 52.2 Å². The SMILES string of the molecule is COc1ccc2ncc(=O)n(CCN3CCC(N(Cc4nc5c(cc4Cl)SCC(=O)N5)C(=O)OC(C)(C)C)CC3)c2c1. The van der Waals surface area contributed by atoms with Crippen molar-refractivity contribution in [1.82, 2.24) is 24.3 Å². The van der Waals surface area contributed by atoms with Crippen LogP contribution in [0.25, 0.3) is 11.0 Å². The Morgan fingerprint density at radius 1 is 1.19 bits per heavy atom. The van der Waals surface area contributed by atoms with Gasteiger partial charge >= 0.3 is 6.09 Å². The summed E-state index contributed by atoms with van der Waals surface area (Å²) in [5.74, 6) is 1.32. The first-order valence-electron chi connectivity index (χ1n) is 13.9. The Labute approximate surface area is 253 Å². The number of anilines is 1. The first-order valence-corrected chi connectivity index (χ1v) is 15.2. The van der Waals surface area contributed by atoms with Gasteiger partial charge in [0.1, 0.15) is 17.2 Å². The summed E-state index contributed by atoms with van der Waals surface area (Å²) >= 11 is 7.98. The van der Waals surface area contributed by atoms with Gasteiger partial charge in [-0.3, -0.25) is 14.5 Å². The van der Waals surface area contributed by atoms with Crippen molar-refractivity contribution in [1.29, 1.82) is 0 Å². The van der Waals surface area contributed by atoms with Crippen LogP contribution in [0.3, 0.4) is 0 Å². The number of ether oxygens (including phenoxy) is 2. The lowest BCUT2D eigenvalue weighted by molar-refractivity contribution is -0.113. The molecule has 0 bridgehead atoms. The average molecular weight is 615 g/mol. The Balaban J connectivity index is 1.29. The number of benzene rings is 1. The number of fused-ring (bicyclic) bond motifs is 2. The van der Waals surface area contributed by atoms with E-state index in [1.807, 2.05) is 39.0 Å². The Morgan fingerprint density at radius 2 is 1.95 bits per heavy atom. The summed E-state index contributed by atoms with van der Waals surface area (Å²) in [5, 5.41) is 3.24. The summed E-state index contributed by atoms with van der Waals surface area (Å²) in [4.78, 5) is 51.7. The van der Waals surface area contributed by atoms with Gasteiger partial charge in [0.15, 0.2) is 0 Å². The maximum absolute atomic E-state index is 13.4. The molecule has 11 nitrogen and oxygen atoms in total. The molecule has 2 aromatic heterocycles. The van der Waals surface area contributed by atoms with Crippen molar-refractivity contribution in [2.45, 2.75) is 63.2 Å². The van der Waals surface area contributed by atoms with Gasteiger partial charge < -0.3 is 24.3 Å². The molecule has 0 aliphatic carbocycles. The second kappa shape index (κ2) is 12.5. The number of piperidine rings is 1. The molecule has 0 spiro atoms. The number of aromatic nitrogens is 3. The predicted octanol–water partition coefficient (Wildman–Crippen LogP) is 4.40. The zero-order chi connectivity index (χ0) is 30.0. The highest BCUT2D eigenvalue weighted by Crippen LogP contribution is 2.34. The van der Waals surface area contributed by atoms with E-state index in [9.17, 15) is 14.4 Å². The van der Waals surface area contributed by atoms with Crippen molar-refractivity contribution in [2.24, 2.45) is 0 Å². The summed E-state index contributed by atoms with van der Waals surface area (Å²) < 4.78 is 12.9. The van der Waals surface area contributed by atoms with Crippen molar-refractivity contribution in [3.05, 3.63) is 51.5 Å². The lowest BCUT2D eigenvalue weighted by Gasteiger charge is -2.39. The van der Waals surface area contributed by atoms with Crippen molar-refractivity contribution < 1.29 is 19.1 Å². The molecule has 0 radical (unpaired) electrons. The summed E-state index contributed by atoms with van der Waals surface area (Å²) in [6, 6.07) is 7.20. The van der Waals surface area contributed by atoms with E-state index in [4.69, 9.17) is 21.1 Å².